The van der Waals surface area contributed by atoms with Crippen LogP contribution in [0.25, 0.3) is 15.5 Å². The second-order valence-electron chi connectivity index (χ2n) is 3.64. The van der Waals surface area contributed by atoms with Crippen LogP contribution in [0.4, 0.5) is 0 Å². The van der Waals surface area contributed by atoms with Crippen LogP contribution >= 0.6 is 11.3 Å². The van der Waals surface area contributed by atoms with E-state index in [1.807, 2.05) is 6.07 Å². The Kier molecular flexibility index (Phi) is 2.57. The van der Waals surface area contributed by atoms with E-state index in [-0.39, 0.29) is 0 Å². The fraction of sp³-hybridized carbons (Fsp3) is 0. The number of nitrogens with zero attached hydrogens (tertiary/aromatic N) is 4. The lowest BCUT2D eigenvalue weighted by molar-refractivity contribution is 0.0694. The summed E-state index contributed by atoms with van der Waals surface area (Å²) >= 11 is 1.19. The highest BCUT2D eigenvalue weighted by atomic mass is 32.1. The standard InChI is InChI=1S/C11H6N4O3S/c16-8-7(10(17)18)5-15-11(13-8)19-9(14-15)6-2-1-3-12-4-6/h1-5H,(H,17,18). The number of hydrogen-bond donors (Lipinski definition) is 1. The first-order chi connectivity index (χ1) is 9.15. The number of carbonyl (C=O) groups is 1. The molecule has 0 aromatic carbocycles. The van der Waals surface area contributed by atoms with Crippen molar-refractivity contribution < 1.29 is 9.90 Å². The first-order valence-corrected chi connectivity index (χ1v) is 6.01. The number of pyridine rings is 1. The van der Waals surface area contributed by atoms with Gasteiger partial charge in [-0.25, -0.2) is 9.31 Å². The molecule has 0 spiro atoms. The summed E-state index contributed by atoms with van der Waals surface area (Å²) in [6.45, 7) is 0. The van der Waals surface area contributed by atoms with Crippen molar-refractivity contribution in [1.29, 1.82) is 0 Å². The van der Waals surface area contributed by atoms with E-state index in [4.69, 9.17) is 5.11 Å². The van der Waals surface area contributed by atoms with Crippen molar-refractivity contribution in [3.63, 3.8) is 0 Å². The molecule has 0 saturated carbocycles. The van der Waals surface area contributed by atoms with Gasteiger partial charge in [0.15, 0.2) is 0 Å². The quantitative estimate of drug-likeness (QED) is 0.746. The van der Waals surface area contributed by atoms with Gasteiger partial charge in [0.1, 0.15) is 10.6 Å². The summed E-state index contributed by atoms with van der Waals surface area (Å²) in [6.07, 6.45) is 4.44. The normalized spacial score (nSPS) is 10.7. The summed E-state index contributed by atoms with van der Waals surface area (Å²) in [6, 6.07) is 3.59. The molecule has 0 fully saturated rings. The van der Waals surface area contributed by atoms with Gasteiger partial charge >= 0.3 is 5.97 Å². The van der Waals surface area contributed by atoms with Gasteiger partial charge in [-0.1, -0.05) is 11.3 Å². The van der Waals surface area contributed by atoms with Crippen molar-refractivity contribution in [2.24, 2.45) is 0 Å². The third-order valence-corrected chi connectivity index (χ3v) is 3.37. The van der Waals surface area contributed by atoms with Crippen LogP contribution in [-0.4, -0.2) is 30.7 Å². The van der Waals surface area contributed by atoms with Crippen molar-refractivity contribution in [3.05, 3.63) is 46.6 Å². The third-order valence-electron chi connectivity index (χ3n) is 2.40. The van der Waals surface area contributed by atoms with Gasteiger partial charge in [0, 0.05) is 18.0 Å². The van der Waals surface area contributed by atoms with Crippen LogP contribution in [0.2, 0.25) is 0 Å². The lowest BCUT2D eigenvalue weighted by atomic mass is 10.3. The Morgan fingerprint density at radius 1 is 1.42 bits per heavy atom. The Bertz CT molecular complexity index is 825. The van der Waals surface area contributed by atoms with E-state index in [9.17, 15) is 9.59 Å². The molecule has 0 unspecified atom stereocenters. The SMILES string of the molecule is O=C(O)c1cn2nc(-c3cccnc3)sc2nc1=O. The number of carboxylic acid groups (broad SMARTS) is 1. The molecule has 94 valence electrons. The summed E-state index contributed by atoms with van der Waals surface area (Å²) in [5.41, 5.74) is -0.392. The maximum Gasteiger partial charge on any atom is 0.343 e. The lowest BCUT2D eigenvalue weighted by Crippen LogP contribution is -2.18. The van der Waals surface area contributed by atoms with E-state index in [0.717, 1.165) is 5.56 Å². The number of rotatable bonds is 2. The minimum Gasteiger partial charge on any atom is -0.477 e. The fourth-order valence-corrected chi connectivity index (χ4v) is 2.39. The molecule has 19 heavy (non-hydrogen) atoms. The molecule has 8 heteroatoms. The predicted octanol–water partition coefficient (Wildman–Crippen LogP) is 0.911. The number of aromatic nitrogens is 4. The highest BCUT2D eigenvalue weighted by molar-refractivity contribution is 7.19. The molecule has 0 amide bonds. The van der Waals surface area contributed by atoms with E-state index in [2.05, 4.69) is 15.1 Å². The van der Waals surface area contributed by atoms with Crippen molar-refractivity contribution in [2.75, 3.05) is 0 Å². The Hall–Kier alpha value is -2.61. The summed E-state index contributed by atoms with van der Waals surface area (Å²) < 4.78 is 1.29. The van der Waals surface area contributed by atoms with Gasteiger partial charge in [0.2, 0.25) is 4.96 Å². The van der Waals surface area contributed by atoms with Crippen molar-refractivity contribution >= 4 is 22.3 Å². The first kappa shape index (κ1) is 11.5. The molecule has 3 heterocycles. The van der Waals surface area contributed by atoms with E-state index >= 15 is 0 Å². The maximum absolute atomic E-state index is 11.5. The van der Waals surface area contributed by atoms with E-state index < -0.39 is 17.1 Å². The fourth-order valence-electron chi connectivity index (χ4n) is 1.53. The van der Waals surface area contributed by atoms with Gasteiger partial charge in [0.05, 0.1) is 6.20 Å². The molecule has 0 radical (unpaired) electrons. The zero-order valence-electron chi connectivity index (χ0n) is 9.35. The smallest absolute Gasteiger partial charge is 0.343 e. The van der Waals surface area contributed by atoms with Crippen LogP contribution in [0.15, 0.2) is 35.5 Å². The highest BCUT2D eigenvalue weighted by Crippen LogP contribution is 2.23. The first-order valence-electron chi connectivity index (χ1n) is 5.19. The Labute approximate surface area is 109 Å². The van der Waals surface area contributed by atoms with Crippen molar-refractivity contribution in [1.82, 2.24) is 19.6 Å². The molecule has 1 N–H and O–H groups in total. The largest absolute Gasteiger partial charge is 0.477 e. The van der Waals surface area contributed by atoms with Gasteiger partial charge in [-0.3, -0.25) is 9.78 Å². The molecule has 3 aromatic rings. The number of hydrogen-bond acceptors (Lipinski definition) is 6. The van der Waals surface area contributed by atoms with Gasteiger partial charge < -0.3 is 5.11 Å². The second kappa shape index (κ2) is 4.25. The number of aromatic carboxylic acids is 1. The van der Waals surface area contributed by atoms with Crippen LogP contribution in [0.5, 0.6) is 0 Å². The van der Waals surface area contributed by atoms with Crippen molar-refractivity contribution in [2.45, 2.75) is 0 Å². The predicted molar refractivity (Wildman–Crippen MR) is 67.3 cm³/mol. The zero-order chi connectivity index (χ0) is 13.4. The van der Waals surface area contributed by atoms with Gasteiger partial charge in [-0.05, 0) is 12.1 Å². The van der Waals surface area contributed by atoms with Crippen LogP contribution in [0.1, 0.15) is 10.4 Å². The molecule has 0 aliphatic rings. The molecule has 3 aromatic heterocycles. The van der Waals surface area contributed by atoms with Crippen LogP contribution < -0.4 is 5.56 Å². The van der Waals surface area contributed by atoms with Gasteiger partial charge in [-0.2, -0.15) is 10.1 Å². The molecule has 3 rings (SSSR count). The minimum atomic E-state index is -1.32. The van der Waals surface area contributed by atoms with E-state index in [1.165, 1.54) is 22.0 Å². The summed E-state index contributed by atoms with van der Waals surface area (Å²) in [5.74, 6) is -1.32. The third kappa shape index (κ3) is 1.97. The Morgan fingerprint density at radius 3 is 2.95 bits per heavy atom. The molecular formula is C11H6N4O3S. The molecule has 0 bridgehead atoms. The average molecular weight is 274 g/mol. The van der Waals surface area contributed by atoms with E-state index in [1.54, 1.807) is 18.5 Å². The Balaban J connectivity index is 2.22. The molecule has 0 aliphatic carbocycles. The minimum absolute atomic E-state index is 0.342. The summed E-state index contributed by atoms with van der Waals surface area (Å²) in [5, 5.41) is 13.7. The van der Waals surface area contributed by atoms with Gasteiger partial charge in [-0.15, -0.1) is 0 Å². The summed E-state index contributed by atoms with van der Waals surface area (Å²) in [4.78, 5) is 30.4. The number of fused-ring (bicyclic) bond motifs is 1. The van der Waals surface area contributed by atoms with Crippen molar-refractivity contribution in [3.8, 4) is 10.6 Å². The van der Waals surface area contributed by atoms with Crippen LogP contribution in [0, 0.1) is 0 Å². The molecular weight excluding hydrogens is 268 g/mol. The van der Waals surface area contributed by atoms with Gasteiger partial charge in [0.25, 0.3) is 5.56 Å². The lowest BCUT2D eigenvalue weighted by Gasteiger charge is -1.93. The molecule has 0 aliphatic heterocycles. The second-order valence-corrected chi connectivity index (χ2v) is 4.60. The Morgan fingerprint density at radius 2 is 2.26 bits per heavy atom. The van der Waals surface area contributed by atoms with E-state index in [0.29, 0.717) is 9.97 Å². The molecule has 0 atom stereocenters. The van der Waals surface area contributed by atoms with Crippen LogP contribution in [-0.2, 0) is 0 Å². The van der Waals surface area contributed by atoms with Crippen LogP contribution in [0.3, 0.4) is 0 Å². The monoisotopic (exact) mass is 274 g/mol. The molecule has 0 saturated heterocycles. The highest BCUT2D eigenvalue weighted by Gasteiger charge is 2.14. The molecule has 7 nitrogen and oxygen atoms in total. The summed E-state index contributed by atoms with van der Waals surface area (Å²) in [7, 11) is 0. The topological polar surface area (TPSA) is 97.4 Å². The zero-order valence-corrected chi connectivity index (χ0v) is 10.2. The maximum atomic E-state index is 11.5. The average Bonchev–Trinajstić information content (AvgIpc) is 2.81. The number of carboxylic acids is 1.